The number of aromatic nitrogens is 2. The van der Waals surface area contributed by atoms with Crippen LogP contribution in [0.3, 0.4) is 0 Å². The second-order valence-electron chi connectivity index (χ2n) is 9.05. The van der Waals surface area contributed by atoms with Crippen LogP contribution in [0.4, 0.5) is 0 Å². The molecule has 8 nitrogen and oxygen atoms in total. The number of aromatic amines is 1. The van der Waals surface area contributed by atoms with Crippen molar-refractivity contribution in [2.75, 3.05) is 26.2 Å². The first-order valence-electron chi connectivity index (χ1n) is 11.6. The summed E-state index contributed by atoms with van der Waals surface area (Å²) in [6.07, 6.45) is 6.94. The van der Waals surface area contributed by atoms with Crippen LogP contribution in [0.5, 0.6) is 0 Å². The summed E-state index contributed by atoms with van der Waals surface area (Å²) >= 11 is 0. The van der Waals surface area contributed by atoms with Crippen molar-refractivity contribution in [2.45, 2.75) is 50.5 Å². The van der Waals surface area contributed by atoms with E-state index in [4.69, 9.17) is 0 Å². The Labute approximate surface area is 187 Å². The zero-order valence-corrected chi connectivity index (χ0v) is 18.2. The van der Waals surface area contributed by atoms with Crippen LogP contribution in [0.2, 0.25) is 0 Å². The maximum absolute atomic E-state index is 13.1. The van der Waals surface area contributed by atoms with E-state index in [1.165, 1.54) is 6.42 Å². The Hall–Kier alpha value is -3.16. The third-order valence-electron chi connectivity index (χ3n) is 6.99. The molecule has 0 radical (unpaired) electrons. The topological polar surface area (TPSA) is 98.4 Å². The van der Waals surface area contributed by atoms with E-state index in [1.807, 2.05) is 28.0 Å². The number of piperidine rings is 2. The third kappa shape index (κ3) is 3.89. The Kier molecular flexibility index (Phi) is 5.68. The Balaban J connectivity index is 1.27. The predicted octanol–water partition coefficient (Wildman–Crippen LogP) is 2.62. The second-order valence-corrected chi connectivity index (χ2v) is 9.05. The first-order chi connectivity index (χ1) is 15.6. The fourth-order valence-corrected chi connectivity index (χ4v) is 5.27. The maximum atomic E-state index is 13.1. The number of H-pyrrole nitrogens is 1. The highest BCUT2D eigenvalue weighted by atomic mass is 16.2. The van der Waals surface area contributed by atoms with Crippen molar-refractivity contribution < 1.29 is 14.4 Å². The van der Waals surface area contributed by atoms with Gasteiger partial charge in [-0.2, -0.15) is 5.10 Å². The molecular weight excluding hydrogens is 406 g/mol. The molecule has 2 saturated heterocycles. The normalized spacial score (nSPS) is 23.1. The molecule has 1 aromatic heterocycles. The monoisotopic (exact) mass is 435 g/mol. The minimum atomic E-state index is -0.282. The molecule has 2 aromatic rings. The van der Waals surface area contributed by atoms with Gasteiger partial charge in [0.25, 0.3) is 11.8 Å². The molecule has 4 heterocycles. The van der Waals surface area contributed by atoms with E-state index in [2.05, 4.69) is 15.5 Å². The van der Waals surface area contributed by atoms with Crippen molar-refractivity contribution >= 4 is 17.7 Å². The summed E-state index contributed by atoms with van der Waals surface area (Å²) in [4.78, 5) is 42.2. The van der Waals surface area contributed by atoms with Crippen LogP contribution in [0, 0.1) is 0 Å². The Bertz CT molecular complexity index is 1030. The van der Waals surface area contributed by atoms with Gasteiger partial charge in [-0.3, -0.25) is 19.5 Å². The molecule has 3 aliphatic heterocycles. The van der Waals surface area contributed by atoms with Crippen molar-refractivity contribution in [1.29, 1.82) is 0 Å². The molecular formula is C24H29N5O3. The highest BCUT2D eigenvalue weighted by molar-refractivity contribution is 5.99. The molecule has 1 aromatic carbocycles. The van der Waals surface area contributed by atoms with E-state index in [0.29, 0.717) is 24.2 Å². The lowest BCUT2D eigenvalue weighted by Gasteiger charge is -2.34. The lowest BCUT2D eigenvalue weighted by molar-refractivity contribution is -0.132. The summed E-state index contributed by atoms with van der Waals surface area (Å²) in [5.74, 6) is 0.0138. The van der Waals surface area contributed by atoms with Crippen molar-refractivity contribution in [3.8, 4) is 0 Å². The SMILES string of the molecule is O=C1N[C@H](CC(=O)N2CCC[C@@H](c3[nH]ncc3C(=O)N3CCCCC3)C2)c2ccccc21. The molecule has 8 heteroatoms. The Morgan fingerprint density at radius 1 is 1.03 bits per heavy atom. The number of hydrogen-bond acceptors (Lipinski definition) is 4. The fourth-order valence-electron chi connectivity index (χ4n) is 5.27. The Morgan fingerprint density at radius 3 is 2.66 bits per heavy atom. The maximum Gasteiger partial charge on any atom is 0.257 e. The van der Waals surface area contributed by atoms with Crippen molar-refractivity contribution in [1.82, 2.24) is 25.3 Å². The largest absolute Gasteiger partial charge is 0.345 e. The van der Waals surface area contributed by atoms with E-state index in [0.717, 1.165) is 50.0 Å². The second kappa shape index (κ2) is 8.76. The molecule has 2 N–H and O–H groups in total. The van der Waals surface area contributed by atoms with Crippen LogP contribution in [-0.2, 0) is 4.79 Å². The molecule has 3 amide bonds. The first kappa shape index (κ1) is 20.7. The minimum absolute atomic E-state index is 0.0279. The van der Waals surface area contributed by atoms with Gasteiger partial charge in [-0.05, 0) is 43.7 Å². The summed E-state index contributed by atoms with van der Waals surface area (Å²) in [7, 11) is 0. The van der Waals surface area contributed by atoms with Gasteiger partial charge < -0.3 is 15.1 Å². The van der Waals surface area contributed by atoms with Crippen LogP contribution < -0.4 is 5.32 Å². The third-order valence-corrected chi connectivity index (χ3v) is 6.99. The van der Waals surface area contributed by atoms with Gasteiger partial charge in [-0.1, -0.05) is 18.2 Å². The molecule has 168 valence electrons. The number of likely N-dealkylation sites (tertiary alicyclic amines) is 2. The van der Waals surface area contributed by atoms with Gasteiger partial charge in [0.2, 0.25) is 5.91 Å². The summed E-state index contributed by atoms with van der Waals surface area (Å²) in [5, 5.41) is 10.2. The van der Waals surface area contributed by atoms with Crippen LogP contribution in [-0.4, -0.2) is 63.9 Å². The smallest absolute Gasteiger partial charge is 0.257 e. The van der Waals surface area contributed by atoms with E-state index in [9.17, 15) is 14.4 Å². The number of amides is 3. The molecule has 3 aliphatic rings. The summed E-state index contributed by atoms with van der Waals surface area (Å²) in [6, 6.07) is 7.16. The van der Waals surface area contributed by atoms with Gasteiger partial charge >= 0.3 is 0 Å². The molecule has 2 atom stereocenters. The summed E-state index contributed by atoms with van der Waals surface area (Å²) < 4.78 is 0. The number of carbonyl (C=O) groups excluding carboxylic acids is 3. The average molecular weight is 436 g/mol. The zero-order chi connectivity index (χ0) is 22.1. The van der Waals surface area contributed by atoms with E-state index in [-0.39, 0.29) is 36.1 Å². The highest BCUT2D eigenvalue weighted by Gasteiger charge is 2.34. The molecule has 32 heavy (non-hydrogen) atoms. The molecule has 0 spiro atoms. The lowest BCUT2D eigenvalue weighted by Crippen LogP contribution is -2.41. The average Bonchev–Trinajstić information content (AvgIpc) is 3.45. The van der Waals surface area contributed by atoms with Crippen LogP contribution >= 0.6 is 0 Å². The van der Waals surface area contributed by atoms with E-state index < -0.39 is 0 Å². The molecule has 5 rings (SSSR count). The van der Waals surface area contributed by atoms with Crippen LogP contribution in [0.1, 0.15) is 82.5 Å². The number of fused-ring (bicyclic) bond motifs is 1. The number of benzene rings is 1. The van der Waals surface area contributed by atoms with Gasteiger partial charge in [0.15, 0.2) is 0 Å². The summed E-state index contributed by atoms with van der Waals surface area (Å²) in [6.45, 7) is 2.85. The Morgan fingerprint density at radius 2 is 1.81 bits per heavy atom. The number of nitrogens with one attached hydrogen (secondary N) is 2. The molecule has 0 unspecified atom stereocenters. The van der Waals surface area contributed by atoms with Gasteiger partial charge in [-0.15, -0.1) is 0 Å². The van der Waals surface area contributed by atoms with Crippen molar-refractivity contribution in [3.63, 3.8) is 0 Å². The van der Waals surface area contributed by atoms with Crippen LogP contribution in [0.25, 0.3) is 0 Å². The predicted molar refractivity (Wildman–Crippen MR) is 118 cm³/mol. The van der Waals surface area contributed by atoms with Gasteiger partial charge in [0.05, 0.1) is 29.9 Å². The van der Waals surface area contributed by atoms with Crippen molar-refractivity contribution in [2.24, 2.45) is 0 Å². The zero-order valence-electron chi connectivity index (χ0n) is 18.2. The number of rotatable bonds is 4. The van der Waals surface area contributed by atoms with Crippen molar-refractivity contribution in [3.05, 3.63) is 52.8 Å². The highest BCUT2D eigenvalue weighted by Crippen LogP contribution is 2.32. The van der Waals surface area contributed by atoms with E-state index in [1.54, 1.807) is 12.3 Å². The van der Waals surface area contributed by atoms with Gasteiger partial charge in [0, 0.05) is 37.7 Å². The first-order valence-corrected chi connectivity index (χ1v) is 11.6. The van der Waals surface area contributed by atoms with Gasteiger partial charge in [0.1, 0.15) is 0 Å². The number of carbonyl (C=O) groups is 3. The molecule has 2 fully saturated rings. The fraction of sp³-hybridized carbons (Fsp3) is 0.500. The molecule has 0 aliphatic carbocycles. The van der Waals surface area contributed by atoms with Crippen LogP contribution in [0.15, 0.2) is 30.5 Å². The molecule has 0 bridgehead atoms. The standard InChI is InChI=1S/C24H29N5O3/c30-21(13-20-17-8-2-3-9-18(17)23(31)26-20)29-12-6-7-16(15-29)22-19(14-25-27-22)24(32)28-10-4-1-5-11-28/h2-3,8-9,14,16,20H,1,4-7,10-13,15H2,(H,25,27)(H,26,31)/t16-,20-/m1/s1. The lowest BCUT2D eigenvalue weighted by atomic mass is 9.91. The number of hydrogen-bond donors (Lipinski definition) is 2. The van der Waals surface area contributed by atoms with Gasteiger partial charge in [-0.25, -0.2) is 0 Å². The number of nitrogens with zero attached hydrogens (tertiary/aromatic N) is 3. The molecule has 0 saturated carbocycles. The minimum Gasteiger partial charge on any atom is -0.345 e. The van der Waals surface area contributed by atoms with E-state index >= 15 is 0 Å². The quantitative estimate of drug-likeness (QED) is 0.771. The summed E-state index contributed by atoms with van der Waals surface area (Å²) in [5.41, 5.74) is 3.03.